The summed E-state index contributed by atoms with van der Waals surface area (Å²) in [5, 5.41) is 15.6. The molecule has 12 nitrogen and oxygen atoms in total. The number of ether oxygens (including phenoxy) is 4. The molecule has 3 aromatic rings. The molecule has 2 bridgehead atoms. The Morgan fingerprint density at radius 2 is 1.55 bits per heavy atom. The lowest BCUT2D eigenvalue weighted by molar-refractivity contribution is 0.00567. The molecule has 56 heavy (non-hydrogen) atoms. The number of anilines is 1. The number of hydrogen-bond donors (Lipinski definition) is 1. The Morgan fingerprint density at radius 1 is 0.946 bits per heavy atom. The van der Waals surface area contributed by atoms with Gasteiger partial charge in [0.1, 0.15) is 30.5 Å². The van der Waals surface area contributed by atoms with E-state index in [1.165, 1.54) is 0 Å². The number of rotatable bonds is 17. The minimum absolute atomic E-state index is 0.0488. The van der Waals surface area contributed by atoms with Gasteiger partial charge in [-0.15, -0.1) is 0 Å². The maximum atomic E-state index is 13.5. The fraction of sp³-hybridized carbons (Fsp3) is 0.667. The van der Waals surface area contributed by atoms with Crippen LogP contribution in [-0.2, 0) is 24.5 Å². The summed E-state index contributed by atoms with van der Waals surface area (Å²) >= 11 is 0. The van der Waals surface area contributed by atoms with Gasteiger partial charge in [-0.25, -0.2) is 9.78 Å². The quantitative estimate of drug-likeness (QED) is 0.0612. The van der Waals surface area contributed by atoms with Gasteiger partial charge in [0.15, 0.2) is 5.65 Å². The standard InChI is InChI=1S/C42H68N6O6Si2/c1-13-51-19-18-34-37(31-24-32-15-16-33(25-31)47(32)40(49)54-41(2,3)4)45-38-35(30-14-17-36(43-26-30)42(5,6)50)27-44-48(38)39(34)46(28-52-20-22-55(7,8)9)29-53-21-23-56(10,11)12/h14,17-19,26-27,31-33,50H,13,15-16,20-25,28-29H2,1-12H3/b19-18+/t32-,33-/m0/s1. The van der Waals surface area contributed by atoms with Crippen molar-refractivity contribution in [2.24, 2.45) is 0 Å². The van der Waals surface area contributed by atoms with Gasteiger partial charge in [0.2, 0.25) is 0 Å². The second-order valence-corrected chi connectivity index (χ2v) is 30.7. The third-order valence-electron chi connectivity index (χ3n) is 10.4. The van der Waals surface area contributed by atoms with Crippen molar-refractivity contribution in [3.8, 4) is 11.1 Å². The number of aromatic nitrogens is 4. The molecule has 0 radical (unpaired) electrons. The van der Waals surface area contributed by atoms with Crippen molar-refractivity contribution in [3.63, 3.8) is 0 Å². The number of pyridine rings is 1. The van der Waals surface area contributed by atoms with E-state index in [1.54, 1.807) is 26.3 Å². The number of amides is 1. The van der Waals surface area contributed by atoms with Crippen LogP contribution in [0.5, 0.6) is 0 Å². The van der Waals surface area contributed by atoms with Crippen molar-refractivity contribution in [1.29, 1.82) is 0 Å². The highest BCUT2D eigenvalue weighted by Gasteiger charge is 2.46. The molecule has 2 aliphatic rings. The van der Waals surface area contributed by atoms with Crippen LogP contribution >= 0.6 is 0 Å². The number of aliphatic hydroxyl groups is 1. The molecule has 2 fully saturated rings. The first-order chi connectivity index (χ1) is 26.1. The Balaban J connectivity index is 1.66. The van der Waals surface area contributed by atoms with E-state index in [0.717, 1.165) is 66.0 Å². The average molecular weight is 809 g/mol. The van der Waals surface area contributed by atoms with Crippen molar-refractivity contribution in [3.05, 3.63) is 47.7 Å². The van der Waals surface area contributed by atoms with E-state index in [1.807, 2.05) is 61.5 Å². The number of carbonyl (C=O) groups is 1. The summed E-state index contributed by atoms with van der Waals surface area (Å²) in [6, 6.07) is 6.01. The number of fused-ring (bicyclic) bond motifs is 3. The van der Waals surface area contributed by atoms with Gasteiger partial charge in [0, 0.05) is 70.3 Å². The number of piperidine rings is 1. The van der Waals surface area contributed by atoms with Crippen molar-refractivity contribution < 1.29 is 28.8 Å². The molecule has 0 aliphatic carbocycles. The third-order valence-corrected chi connectivity index (χ3v) is 13.8. The SMILES string of the molecule is CCO/C=C/c1c(C2C[C@@H]3CC[C@@H](C2)N3C(=O)OC(C)(C)C)nc2c(-c3ccc(C(C)(C)O)nc3)cnn2c1N(COCC[Si](C)(C)C)COCC[Si](C)(C)C. The van der Waals surface area contributed by atoms with Crippen molar-refractivity contribution >= 4 is 39.8 Å². The summed E-state index contributed by atoms with van der Waals surface area (Å²) in [6.07, 6.45) is 10.5. The van der Waals surface area contributed by atoms with Crippen LogP contribution in [0.25, 0.3) is 22.9 Å². The average Bonchev–Trinajstić information content (AvgIpc) is 3.63. The van der Waals surface area contributed by atoms with Gasteiger partial charge in [0.25, 0.3) is 0 Å². The Morgan fingerprint density at radius 3 is 2.05 bits per heavy atom. The predicted molar refractivity (Wildman–Crippen MR) is 229 cm³/mol. The monoisotopic (exact) mass is 808 g/mol. The van der Waals surface area contributed by atoms with Crippen LogP contribution in [0, 0.1) is 0 Å². The van der Waals surface area contributed by atoms with Gasteiger partial charge in [-0.1, -0.05) is 45.3 Å². The second kappa shape index (κ2) is 17.7. The Labute approximate surface area is 337 Å². The Bertz CT molecular complexity index is 1770. The summed E-state index contributed by atoms with van der Waals surface area (Å²) in [5.74, 6) is 0.869. The van der Waals surface area contributed by atoms with E-state index in [9.17, 15) is 9.90 Å². The minimum Gasteiger partial charge on any atom is -0.501 e. The number of nitrogens with zero attached hydrogens (tertiary/aromatic N) is 6. The molecule has 0 spiro atoms. The lowest BCUT2D eigenvalue weighted by Crippen LogP contribution is -2.48. The summed E-state index contributed by atoms with van der Waals surface area (Å²) in [7, 11) is -2.67. The summed E-state index contributed by atoms with van der Waals surface area (Å²) in [4.78, 5) is 27.8. The van der Waals surface area contributed by atoms with Crippen LogP contribution in [0.2, 0.25) is 51.4 Å². The molecule has 2 saturated heterocycles. The van der Waals surface area contributed by atoms with Gasteiger partial charge < -0.3 is 33.9 Å². The molecule has 1 amide bonds. The lowest BCUT2D eigenvalue weighted by Gasteiger charge is -2.40. The van der Waals surface area contributed by atoms with E-state index in [2.05, 4.69) is 49.2 Å². The van der Waals surface area contributed by atoms with Crippen LogP contribution in [-0.4, -0.2) is 103 Å². The van der Waals surface area contributed by atoms with E-state index in [0.29, 0.717) is 44.6 Å². The first kappa shape index (κ1) is 43.8. The molecule has 3 aromatic heterocycles. The van der Waals surface area contributed by atoms with E-state index >= 15 is 0 Å². The van der Waals surface area contributed by atoms with E-state index < -0.39 is 27.3 Å². The smallest absolute Gasteiger partial charge is 0.410 e. The molecule has 5 heterocycles. The topological polar surface area (TPSA) is 124 Å². The molecular formula is C42H68N6O6Si2. The van der Waals surface area contributed by atoms with Gasteiger partial charge in [-0.2, -0.15) is 9.61 Å². The van der Waals surface area contributed by atoms with Crippen LogP contribution in [0.1, 0.15) is 90.1 Å². The number of hydrogen-bond acceptors (Lipinski definition) is 10. The van der Waals surface area contributed by atoms with Crippen LogP contribution < -0.4 is 4.90 Å². The van der Waals surface area contributed by atoms with Crippen LogP contribution in [0.4, 0.5) is 10.6 Å². The highest BCUT2D eigenvalue weighted by Crippen LogP contribution is 2.46. The molecule has 14 heteroatoms. The van der Waals surface area contributed by atoms with Crippen molar-refractivity contribution in [1.82, 2.24) is 24.5 Å². The van der Waals surface area contributed by atoms with Gasteiger partial charge >= 0.3 is 6.09 Å². The molecule has 5 rings (SSSR count). The third kappa shape index (κ3) is 11.4. The van der Waals surface area contributed by atoms with Crippen molar-refractivity contribution in [2.75, 3.05) is 38.2 Å². The van der Waals surface area contributed by atoms with Gasteiger partial charge in [-0.3, -0.25) is 4.98 Å². The summed E-state index contributed by atoms with van der Waals surface area (Å²) in [5.41, 5.74) is 3.14. The fourth-order valence-electron chi connectivity index (χ4n) is 7.39. The normalized spacial score (nSPS) is 19.3. The zero-order chi connectivity index (χ0) is 41.1. The molecular weight excluding hydrogens is 741 g/mol. The first-order valence-corrected chi connectivity index (χ1v) is 27.9. The molecule has 310 valence electrons. The van der Waals surface area contributed by atoms with E-state index in [4.69, 9.17) is 29.0 Å². The summed E-state index contributed by atoms with van der Waals surface area (Å²) in [6.45, 7) is 27.8. The molecule has 2 aliphatic heterocycles. The highest BCUT2D eigenvalue weighted by molar-refractivity contribution is 6.76. The van der Waals surface area contributed by atoms with Crippen molar-refractivity contribution in [2.45, 2.75) is 148 Å². The zero-order valence-electron chi connectivity index (χ0n) is 36.1. The highest BCUT2D eigenvalue weighted by atomic mass is 28.3. The fourth-order valence-corrected chi connectivity index (χ4v) is 8.91. The minimum atomic E-state index is -1.34. The van der Waals surface area contributed by atoms with Gasteiger partial charge in [-0.05, 0) is 91.5 Å². The Kier molecular flexibility index (Phi) is 13.8. The second-order valence-electron chi connectivity index (χ2n) is 19.5. The van der Waals surface area contributed by atoms with E-state index in [-0.39, 0.29) is 24.1 Å². The first-order valence-electron chi connectivity index (χ1n) is 20.5. The molecule has 1 N–H and O–H groups in total. The predicted octanol–water partition coefficient (Wildman–Crippen LogP) is 9.10. The lowest BCUT2D eigenvalue weighted by atomic mass is 9.86. The Hall–Kier alpha value is -3.31. The molecule has 0 unspecified atom stereocenters. The molecule has 0 aromatic carbocycles. The van der Waals surface area contributed by atoms with Gasteiger partial charge in [0.05, 0.1) is 30.5 Å². The summed E-state index contributed by atoms with van der Waals surface area (Å²) < 4.78 is 26.6. The number of carbonyl (C=O) groups excluding carboxylic acids is 1. The van der Waals surface area contributed by atoms with Crippen LogP contribution in [0.3, 0.4) is 0 Å². The largest absolute Gasteiger partial charge is 0.501 e. The maximum absolute atomic E-state index is 13.5. The molecule has 0 saturated carbocycles. The molecule has 2 atom stereocenters. The maximum Gasteiger partial charge on any atom is 0.410 e. The van der Waals surface area contributed by atoms with Crippen LogP contribution in [0.15, 0.2) is 30.8 Å². The zero-order valence-corrected chi connectivity index (χ0v) is 38.1.